The Labute approximate surface area is 283 Å². The van der Waals surface area contributed by atoms with Crippen LogP contribution in [0.3, 0.4) is 0 Å². The van der Waals surface area contributed by atoms with Crippen LogP contribution in [0, 0.1) is 6.92 Å². The molecule has 2 saturated heterocycles. The summed E-state index contributed by atoms with van der Waals surface area (Å²) in [6.07, 6.45) is -7.15. The maximum Gasteiger partial charge on any atom is 0.488 e. The molecule has 0 spiro atoms. The third-order valence-electron chi connectivity index (χ3n) is 7.30. The fourth-order valence-corrected chi connectivity index (χ4v) is 11.4. The number of nitrogen functional groups attached to an aromatic ring is 1. The number of phosphoric acid groups is 2. The number of anilines is 1. The lowest BCUT2D eigenvalue weighted by atomic mass is 10.1. The zero-order chi connectivity index (χ0) is 37.7. The smallest absolute Gasteiger partial charge is 0.390 e. The lowest BCUT2D eigenvalue weighted by molar-refractivity contribution is -0.0503. The molecular formula is C21H31N7O19P4. The van der Waals surface area contributed by atoms with Crippen LogP contribution in [0.2, 0.25) is 0 Å². The lowest BCUT2D eigenvalue weighted by Crippen LogP contribution is -2.33. The molecule has 3 aromatic heterocycles. The van der Waals surface area contributed by atoms with E-state index in [4.69, 9.17) is 19.7 Å². The Morgan fingerprint density at radius 2 is 1.59 bits per heavy atom. The molecule has 0 saturated carbocycles. The lowest BCUT2D eigenvalue weighted by Gasteiger charge is -2.22. The number of nitrogens with zero attached hydrogens (tertiary/aromatic N) is 5. The molecule has 2 fully saturated rings. The molecule has 30 heteroatoms. The Morgan fingerprint density at radius 1 is 0.902 bits per heavy atom. The first kappa shape index (κ1) is 39.6. The Morgan fingerprint density at radius 3 is 2.29 bits per heavy atom. The Hall–Kier alpha value is -2.57. The molecule has 284 valence electrons. The van der Waals surface area contributed by atoms with Crippen molar-refractivity contribution in [3.05, 3.63) is 45.3 Å². The first-order valence-electron chi connectivity index (χ1n) is 14.2. The van der Waals surface area contributed by atoms with Crippen LogP contribution in [0.25, 0.3) is 11.2 Å². The average Bonchev–Trinajstić information content (AvgIpc) is 3.67. The molecule has 2 aliphatic heterocycles. The molecule has 3 aromatic rings. The van der Waals surface area contributed by atoms with Gasteiger partial charge in [-0.1, -0.05) is 0 Å². The van der Waals surface area contributed by atoms with Gasteiger partial charge in [0, 0.05) is 18.2 Å². The minimum atomic E-state index is -6.05. The molecule has 26 nitrogen and oxygen atoms in total. The fourth-order valence-electron chi connectivity index (χ4n) is 4.97. The highest BCUT2D eigenvalue weighted by Gasteiger charge is 2.48. The van der Waals surface area contributed by atoms with Crippen LogP contribution >= 0.6 is 30.8 Å². The number of aliphatic hydroxyl groups is 3. The normalized spacial score (nSPS) is 30.1. The number of phosphoric ester groups is 1. The van der Waals surface area contributed by atoms with Crippen LogP contribution in [0.5, 0.6) is 0 Å². The second-order valence-electron chi connectivity index (χ2n) is 11.1. The number of nitrogens with two attached hydrogens (primary N) is 1. The van der Waals surface area contributed by atoms with E-state index in [9.17, 15) is 62.7 Å². The SMILES string of the molecule is Cc1cn(C2C[C@H](O)[C@@H](COP(=O)(O)CP(=O)(O)OP(=O)(O)OP(=O)(O)OC[C@H]3OC(n4cnc5c(N)ncnc54)[C@H](O)[C@@H]3O)O2)c(=O)[nH]c1=O. The van der Waals surface area contributed by atoms with Gasteiger partial charge in [0.05, 0.1) is 25.6 Å². The standard InChI is InChI=1S/C21H31N7O19P4/c1-9-3-27(21(33)26-19(9)32)13-2-10(29)11(44-13)4-42-48(34,35)8-49(36,37)46-51(40,41)47-50(38,39)43-5-12-15(30)16(31)20(45-12)28-7-25-14-17(22)23-6-24-18(14)28/h3,6-7,10-13,15-16,20,29-31H,2,4-5,8H2,1H3,(H,34,35)(H,36,37)(H,38,39)(H,40,41)(H2,22,23,24)(H,26,32,33)/t10-,11+,12+,13?,15+,16+,20?/m0/s1. The Bertz CT molecular complexity index is 2090. The minimum absolute atomic E-state index is 0.00529. The van der Waals surface area contributed by atoms with Crippen LogP contribution < -0.4 is 17.0 Å². The van der Waals surface area contributed by atoms with E-state index in [1.165, 1.54) is 11.5 Å². The van der Waals surface area contributed by atoms with Gasteiger partial charge < -0.3 is 54.6 Å². The summed E-state index contributed by atoms with van der Waals surface area (Å²) < 4.78 is 80.1. The summed E-state index contributed by atoms with van der Waals surface area (Å²) in [4.78, 5) is 77.5. The van der Waals surface area contributed by atoms with Crippen molar-refractivity contribution in [3.63, 3.8) is 0 Å². The van der Waals surface area contributed by atoms with Crippen LogP contribution in [0.1, 0.15) is 24.4 Å². The first-order chi connectivity index (χ1) is 23.6. The molecule has 5 rings (SSSR count). The number of imidazole rings is 1. The quantitative estimate of drug-likeness (QED) is 0.0805. The van der Waals surface area contributed by atoms with E-state index < -0.39 is 104 Å². The van der Waals surface area contributed by atoms with Crippen molar-refractivity contribution in [1.29, 1.82) is 0 Å². The molecule has 6 unspecified atom stereocenters. The van der Waals surface area contributed by atoms with Crippen molar-refractivity contribution < 1.29 is 80.3 Å². The number of rotatable bonds is 14. The summed E-state index contributed by atoms with van der Waals surface area (Å²) >= 11 is 0. The minimum Gasteiger partial charge on any atom is -0.390 e. The molecule has 11 atom stereocenters. The van der Waals surface area contributed by atoms with Crippen molar-refractivity contribution in [3.8, 4) is 0 Å². The van der Waals surface area contributed by atoms with Crippen molar-refractivity contribution >= 4 is 47.8 Å². The zero-order valence-corrected chi connectivity index (χ0v) is 29.3. The molecule has 0 aromatic carbocycles. The number of aromatic amines is 1. The number of aryl methyl sites for hydroxylation is 1. The third kappa shape index (κ3) is 9.33. The number of fused-ring (bicyclic) bond motifs is 1. The second-order valence-corrected chi connectivity index (χ2v) is 18.5. The summed E-state index contributed by atoms with van der Waals surface area (Å²) in [5.41, 5.74) is 4.56. The van der Waals surface area contributed by atoms with Gasteiger partial charge in [0.1, 0.15) is 42.5 Å². The largest absolute Gasteiger partial charge is 0.488 e. The highest BCUT2D eigenvalue weighted by molar-refractivity contribution is 7.75. The van der Waals surface area contributed by atoms with Gasteiger partial charge in [-0.3, -0.25) is 32.6 Å². The third-order valence-corrected chi connectivity index (χ3v) is 14.7. The highest BCUT2D eigenvalue weighted by Crippen LogP contribution is 2.70. The van der Waals surface area contributed by atoms with E-state index >= 15 is 0 Å². The predicted octanol–water partition coefficient (Wildman–Crippen LogP) is -1.87. The number of aliphatic hydroxyl groups excluding tert-OH is 3. The monoisotopic (exact) mass is 809 g/mol. The summed E-state index contributed by atoms with van der Waals surface area (Å²) in [6, 6.07) is 0. The zero-order valence-electron chi connectivity index (χ0n) is 25.7. The van der Waals surface area contributed by atoms with E-state index in [-0.39, 0.29) is 29.0 Å². The molecule has 0 amide bonds. The molecule has 0 radical (unpaired) electrons. The van der Waals surface area contributed by atoms with Gasteiger partial charge in [0.15, 0.2) is 23.6 Å². The summed E-state index contributed by atoms with van der Waals surface area (Å²) in [6.45, 7) is -0.578. The molecule has 0 aliphatic carbocycles. The maximum atomic E-state index is 12.5. The second kappa shape index (κ2) is 14.7. The predicted molar refractivity (Wildman–Crippen MR) is 164 cm³/mol. The number of nitrogens with one attached hydrogen (secondary N) is 1. The van der Waals surface area contributed by atoms with Crippen LogP contribution in [0.4, 0.5) is 5.82 Å². The molecular weight excluding hydrogens is 778 g/mol. The van der Waals surface area contributed by atoms with Crippen LogP contribution in [-0.4, -0.2) is 114 Å². The fraction of sp³-hybridized carbons (Fsp3) is 0.571. The van der Waals surface area contributed by atoms with Gasteiger partial charge >= 0.3 is 36.5 Å². The Balaban J connectivity index is 1.13. The van der Waals surface area contributed by atoms with Gasteiger partial charge in [-0.2, -0.15) is 4.31 Å². The van der Waals surface area contributed by atoms with Gasteiger partial charge in [0.25, 0.3) is 5.56 Å². The molecule has 2 aliphatic rings. The molecule has 5 heterocycles. The van der Waals surface area contributed by atoms with Gasteiger partial charge in [-0.05, 0) is 6.92 Å². The topological polar surface area (TPSA) is 390 Å². The average molecular weight is 809 g/mol. The van der Waals surface area contributed by atoms with E-state index in [0.29, 0.717) is 0 Å². The van der Waals surface area contributed by atoms with Crippen LogP contribution in [-0.2, 0) is 45.4 Å². The maximum absolute atomic E-state index is 12.5. The van der Waals surface area contributed by atoms with Crippen LogP contribution in [0.15, 0.2) is 28.4 Å². The number of aromatic nitrogens is 6. The molecule has 51 heavy (non-hydrogen) atoms. The van der Waals surface area contributed by atoms with Gasteiger partial charge in [-0.15, -0.1) is 0 Å². The molecule has 10 N–H and O–H groups in total. The van der Waals surface area contributed by atoms with E-state index in [2.05, 4.69) is 28.1 Å². The van der Waals surface area contributed by atoms with Crippen molar-refractivity contribution in [2.45, 2.75) is 56.3 Å². The first-order valence-corrected chi connectivity index (χ1v) is 20.7. The Kier molecular flexibility index (Phi) is 11.4. The van der Waals surface area contributed by atoms with E-state index in [1.807, 2.05) is 4.98 Å². The van der Waals surface area contributed by atoms with E-state index in [0.717, 1.165) is 23.4 Å². The number of H-pyrrole nitrogens is 1. The van der Waals surface area contributed by atoms with Gasteiger partial charge in [0.2, 0.25) is 0 Å². The number of hydrogen-bond acceptors (Lipinski definition) is 19. The summed E-state index contributed by atoms with van der Waals surface area (Å²) in [5.74, 6) is -1.87. The molecule has 0 bridgehead atoms. The van der Waals surface area contributed by atoms with Crippen molar-refractivity contribution in [2.75, 3.05) is 24.9 Å². The van der Waals surface area contributed by atoms with Crippen molar-refractivity contribution in [2.24, 2.45) is 0 Å². The number of ether oxygens (including phenoxy) is 2. The summed E-state index contributed by atoms with van der Waals surface area (Å²) in [5, 5.41) is 31.2. The van der Waals surface area contributed by atoms with Gasteiger partial charge in [-0.25, -0.2) is 33.2 Å². The highest BCUT2D eigenvalue weighted by atomic mass is 31.3. The summed E-state index contributed by atoms with van der Waals surface area (Å²) in [7, 11) is -22.6. The number of hydrogen-bond donors (Lipinski definition) is 9. The van der Waals surface area contributed by atoms with E-state index in [1.54, 1.807) is 0 Å². The van der Waals surface area contributed by atoms with Crippen molar-refractivity contribution in [1.82, 2.24) is 29.1 Å².